The van der Waals surface area contributed by atoms with Gasteiger partial charge in [-0.15, -0.1) is 0 Å². The summed E-state index contributed by atoms with van der Waals surface area (Å²) in [6.07, 6.45) is 7.46. The fourth-order valence-electron chi connectivity index (χ4n) is 1.11. The predicted octanol–water partition coefficient (Wildman–Crippen LogP) is 2.26. The minimum Gasteiger partial charge on any atom is -0.359 e. The van der Waals surface area contributed by atoms with Crippen molar-refractivity contribution >= 4 is 6.41 Å². The van der Waals surface area contributed by atoms with E-state index in [-0.39, 0.29) is 0 Å². The second-order valence-corrected chi connectivity index (χ2v) is 2.78. The van der Waals surface area contributed by atoms with Crippen LogP contribution in [0.2, 0.25) is 0 Å². The van der Waals surface area contributed by atoms with Gasteiger partial charge in [-0.3, -0.25) is 4.79 Å². The van der Waals surface area contributed by atoms with E-state index in [1.807, 2.05) is 0 Å². The van der Waals surface area contributed by atoms with E-state index in [1.165, 1.54) is 5.57 Å². The minimum atomic E-state index is 0.754. The lowest BCUT2D eigenvalue weighted by Gasteiger charge is -1.99. The van der Waals surface area contributed by atoms with Crippen LogP contribution >= 0.6 is 0 Å². The number of carbonyl (C=O) groups excluding carboxylic acids is 1. The Kier molecular flexibility index (Phi) is 7.76. The maximum absolute atomic E-state index is 9.89. The quantitative estimate of drug-likeness (QED) is 0.353. The zero-order chi connectivity index (χ0) is 9.23. The topological polar surface area (TPSA) is 29.1 Å². The van der Waals surface area contributed by atoms with Crippen LogP contribution in [0.5, 0.6) is 0 Å². The van der Waals surface area contributed by atoms with Crippen molar-refractivity contribution < 1.29 is 4.79 Å². The highest BCUT2D eigenvalue weighted by molar-refractivity contribution is 5.45. The second-order valence-electron chi connectivity index (χ2n) is 2.78. The Morgan fingerprint density at radius 2 is 2.00 bits per heavy atom. The van der Waals surface area contributed by atoms with Crippen LogP contribution in [-0.4, -0.2) is 13.0 Å². The average molecular weight is 169 g/mol. The number of hydrogen-bond donors (Lipinski definition) is 1. The van der Waals surface area contributed by atoms with Crippen LogP contribution in [0.3, 0.4) is 0 Å². The lowest BCUT2D eigenvalue weighted by atomic mass is 10.1. The normalized spacial score (nSPS) is 9.17. The summed E-state index contributed by atoms with van der Waals surface area (Å²) in [4.78, 5) is 9.89. The van der Waals surface area contributed by atoms with Crippen molar-refractivity contribution in [2.75, 3.05) is 6.54 Å². The summed E-state index contributed by atoms with van der Waals surface area (Å²) in [5, 5.41) is 2.65. The first-order chi connectivity index (χ1) is 5.85. The molecule has 70 valence electrons. The van der Waals surface area contributed by atoms with Crippen molar-refractivity contribution in [1.29, 1.82) is 0 Å². The molecule has 12 heavy (non-hydrogen) atoms. The smallest absolute Gasteiger partial charge is 0.207 e. The Morgan fingerprint density at radius 3 is 2.50 bits per heavy atom. The molecular weight excluding hydrogens is 150 g/mol. The summed E-state index contributed by atoms with van der Waals surface area (Å²) in [5.41, 5.74) is 1.51. The Balaban J connectivity index is 3.37. The highest BCUT2D eigenvalue weighted by Crippen LogP contribution is 2.07. The van der Waals surface area contributed by atoms with E-state index in [2.05, 4.69) is 25.2 Å². The SMILES string of the molecule is CCC(=CCCCNC=O)CC. The third kappa shape index (κ3) is 5.96. The summed E-state index contributed by atoms with van der Waals surface area (Å²) >= 11 is 0. The number of amides is 1. The van der Waals surface area contributed by atoms with Crippen molar-refractivity contribution in [3.8, 4) is 0 Å². The first-order valence-corrected chi connectivity index (χ1v) is 4.70. The molecule has 1 amide bonds. The van der Waals surface area contributed by atoms with E-state index in [1.54, 1.807) is 0 Å². The summed E-state index contributed by atoms with van der Waals surface area (Å²) in [6, 6.07) is 0. The molecule has 0 aliphatic carbocycles. The van der Waals surface area contributed by atoms with E-state index in [0.29, 0.717) is 0 Å². The van der Waals surface area contributed by atoms with Crippen molar-refractivity contribution in [3.63, 3.8) is 0 Å². The molecule has 0 fully saturated rings. The zero-order valence-electron chi connectivity index (χ0n) is 8.10. The molecule has 1 N–H and O–H groups in total. The molecule has 0 aromatic heterocycles. The maximum Gasteiger partial charge on any atom is 0.207 e. The monoisotopic (exact) mass is 169 g/mol. The van der Waals surface area contributed by atoms with Crippen LogP contribution in [0.1, 0.15) is 39.5 Å². The molecule has 0 unspecified atom stereocenters. The largest absolute Gasteiger partial charge is 0.359 e. The molecule has 0 aliphatic rings. The van der Waals surface area contributed by atoms with Gasteiger partial charge in [0.25, 0.3) is 0 Å². The molecule has 0 aromatic rings. The molecule has 0 atom stereocenters. The molecule has 0 bridgehead atoms. The molecule has 0 saturated carbocycles. The third-order valence-corrected chi connectivity index (χ3v) is 1.95. The van der Waals surface area contributed by atoms with Crippen molar-refractivity contribution in [1.82, 2.24) is 5.32 Å². The van der Waals surface area contributed by atoms with Crippen molar-refractivity contribution in [3.05, 3.63) is 11.6 Å². The summed E-state index contributed by atoms with van der Waals surface area (Å²) in [5.74, 6) is 0. The van der Waals surface area contributed by atoms with E-state index in [4.69, 9.17) is 0 Å². The molecule has 2 nitrogen and oxygen atoms in total. The number of unbranched alkanes of at least 4 members (excludes halogenated alkanes) is 1. The van der Waals surface area contributed by atoms with Gasteiger partial charge in [-0.05, 0) is 25.7 Å². The molecule has 0 rings (SSSR count). The first kappa shape index (κ1) is 11.2. The van der Waals surface area contributed by atoms with Crippen LogP contribution in [0.4, 0.5) is 0 Å². The van der Waals surface area contributed by atoms with Gasteiger partial charge in [-0.2, -0.15) is 0 Å². The summed E-state index contributed by atoms with van der Waals surface area (Å²) in [6.45, 7) is 5.15. The molecular formula is C10H19NO. The Bertz CT molecular complexity index is 135. The first-order valence-electron chi connectivity index (χ1n) is 4.70. The van der Waals surface area contributed by atoms with Gasteiger partial charge >= 0.3 is 0 Å². The van der Waals surface area contributed by atoms with Crippen molar-refractivity contribution in [2.45, 2.75) is 39.5 Å². The van der Waals surface area contributed by atoms with Crippen molar-refractivity contribution in [2.24, 2.45) is 0 Å². The molecule has 0 aliphatic heterocycles. The van der Waals surface area contributed by atoms with Gasteiger partial charge in [0.15, 0.2) is 0 Å². The summed E-state index contributed by atoms with van der Waals surface area (Å²) < 4.78 is 0. The van der Waals surface area contributed by atoms with E-state index in [9.17, 15) is 4.79 Å². The maximum atomic E-state index is 9.89. The van der Waals surface area contributed by atoms with E-state index >= 15 is 0 Å². The predicted molar refractivity (Wildman–Crippen MR) is 52.0 cm³/mol. The Hall–Kier alpha value is -0.790. The summed E-state index contributed by atoms with van der Waals surface area (Å²) in [7, 11) is 0. The third-order valence-electron chi connectivity index (χ3n) is 1.95. The minimum absolute atomic E-state index is 0.754. The van der Waals surface area contributed by atoms with Gasteiger partial charge in [-0.25, -0.2) is 0 Å². The van der Waals surface area contributed by atoms with Gasteiger partial charge in [-0.1, -0.05) is 25.5 Å². The second kappa shape index (κ2) is 8.31. The van der Waals surface area contributed by atoms with Gasteiger partial charge in [0.1, 0.15) is 0 Å². The average Bonchev–Trinajstić information content (AvgIpc) is 2.11. The number of hydrogen-bond acceptors (Lipinski definition) is 1. The highest BCUT2D eigenvalue weighted by atomic mass is 16.1. The fourth-order valence-corrected chi connectivity index (χ4v) is 1.11. The number of allylic oxidation sites excluding steroid dienone is 2. The zero-order valence-corrected chi connectivity index (χ0v) is 8.10. The number of nitrogens with one attached hydrogen (secondary N) is 1. The Morgan fingerprint density at radius 1 is 1.33 bits per heavy atom. The van der Waals surface area contributed by atoms with E-state index < -0.39 is 0 Å². The lowest BCUT2D eigenvalue weighted by Crippen LogP contribution is -2.11. The highest BCUT2D eigenvalue weighted by Gasteiger charge is 1.89. The van der Waals surface area contributed by atoms with Gasteiger partial charge in [0.05, 0.1) is 0 Å². The number of rotatable bonds is 7. The molecule has 2 heteroatoms. The molecule has 0 radical (unpaired) electrons. The van der Waals surface area contributed by atoms with Crippen LogP contribution in [0.15, 0.2) is 11.6 Å². The van der Waals surface area contributed by atoms with Gasteiger partial charge < -0.3 is 5.32 Å². The van der Waals surface area contributed by atoms with Crippen LogP contribution in [-0.2, 0) is 4.79 Å². The number of carbonyl (C=O) groups is 1. The molecule has 0 aromatic carbocycles. The standard InChI is InChI=1S/C10H19NO/c1-3-10(4-2)7-5-6-8-11-9-12/h7,9H,3-6,8H2,1-2H3,(H,11,12). The van der Waals surface area contributed by atoms with Crippen LogP contribution < -0.4 is 5.32 Å². The Labute approximate surface area is 75.0 Å². The fraction of sp³-hybridized carbons (Fsp3) is 0.700. The van der Waals surface area contributed by atoms with Crippen LogP contribution in [0, 0.1) is 0 Å². The van der Waals surface area contributed by atoms with E-state index in [0.717, 1.165) is 38.6 Å². The molecule has 0 saturated heterocycles. The van der Waals surface area contributed by atoms with Gasteiger partial charge in [0.2, 0.25) is 6.41 Å². The van der Waals surface area contributed by atoms with Gasteiger partial charge in [0, 0.05) is 6.54 Å². The molecule has 0 heterocycles. The van der Waals surface area contributed by atoms with Crippen LogP contribution in [0.25, 0.3) is 0 Å². The molecule has 0 spiro atoms. The lowest BCUT2D eigenvalue weighted by molar-refractivity contribution is -0.109.